The summed E-state index contributed by atoms with van der Waals surface area (Å²) in [6.07, 6.45) is 12.6. The van der Waals surface area contributed by atoms with Crippen LogP contribution >= 0.6 is 0 Å². The molecule has 0 aromatic heterocycles. The van der Waals surface area contributed by atoms with Crippen molar-refractivity contribution in [1.82, 2.24) is 4.90 Å². The predicted octanol–water partition coefficient (Wildman–Crippen LogP) is 5.66. The Kier molecular flexibility index (Phi) is 5.76. The van der Waals surface area contributed by atoms with E-state index in [4.69, 9.17) is 10.5 Å². The number of ether oxygens (including phenoxy) is 1. The Morgan fingerprint density at radius 3 is 2.71 bits per heavy atom. The molecule has 2 N–H and O–H groups in total. The van der Waals surface area contributed by atoms with Crippen LogP contribution in [0, 0.1) is 34.5 Å². The average molecular weight is 481 g/mol. The minimum absolute atomic E-state index is 0.00897. The number of carbonyl (C=O) groups excluding carboxylic acids is 1. The number of nitrogens with zero attached hydrogens (tertiary/aromatic N) is 1. The highest BCUT2D eigenvalue weighted by atomic mass is 16.5. The average Bonchev–Trinajstić information content (AvgIpc) is 3.20. The zero-order valence-electron chi connectivity index (χ0n) is 22.9. The van der Waals surface area contributed by atoms with Gasteiger partial charge in [0.15, 0.2) is 5.78 Å². The van der Waals surface area contributed by atoms with E-state index in [0.29, 0.717) is 35.7 Å². The fourth-order valence-corrected chi connectivity index (χ4v) is 10.4. The summed E-state index contributed by atoms with van der Waals surface area (Å²) in [5.41, 5.74) is 11.4. The third kappa shape index (κ3) is 3.38. The molecule has 4 nitrogen and oxygen atoms in total. The molecule has 0 amide bonds. The van der Waals surface area contributed by atoms with Gasteiger partial charge in [-0.2, -0.15) is 0 Å². The summed E-state index contributed by atoms with van der Waals surface area (Å²) in [6.45, 7) is 15.3. The van der Waals surface area contributed by atoms with Crippen LogP contribution in [-0.2, 0) is 9.53 Å². The van der Waals surface area contributed by atoms with E-state index in [1.54, 1.807) is 11.1 Å². The normalized spacial score (nSPS) is 49.9. The van der Waals surface area contributed by atoms with Crippen LogP contribution < -0.4 is 5.73 Å². The lowest BCUT2D eigenvalue weighted by Crippen LogP contribution is -2.53. The van der Waals surface area contributed by atoms with Gasteiger partial charge in [0, 0.05) is 38.0 Å². The number of allylic oxidation sites excluding steroid dienone is 3. The first-order valence-corrected chi connectivity index (χ1v) is 14.7. The van der Waals surface area contributed by atoms with Crippen LogP contribution in [0.4, 0.5) is 0 Å². The van der Waals surface area contributed by atoms with Crippen LogP contribution in [0.15, 0.2) is 22.8 Å². The molecule has 4 aliphatic carbocycles. The maximum Gasteiger partial charge on any atom is 0.155 e. The molecule has 4 fully saturated rings. The summed E-state index contributed by atoms with van der Waals surface area (Å²) in [4.78, 5) is 14.9. The Bertz CT molecular complexity index is 969. The van der Waals surface area contributed by atoms with Crippen molar-refractivity contribution in [3.05, 3.63) is 22.8 Å². The third-order valence-electron chi connectivity index (χ3n) is 12.3. The molecule has 6 rings (SSSR count). The van der Waals surface area contributed by atoms with E-state index in [9.17, 15) is 4.79 Å². The van der Waals surface area contributed by atoms with Gasteiger partial charge in [-0.15, -0.1) is 0 Å². The molecule has 2 aliphatic heterocycles. The van der Waals surface area contributed by atoms with Crippen LogP contribution in [0.5, 0.6) is 0 Å². The van der Waals surface area contributed by atoms with Crippen LogP contribution in [0.3, 0.4) is 0 Å². The second-order valence-corrected chi connectivity index (χ2v) is 14.0. The van der Waals surface area contributed by atoms with Gasteiger partial charge in [0.05, 0.1) is 11.7 Å². The number of piperidine rings is 1. The molecule has 2 heterocycles. The maximum absolute atomic E-state index is 12.3. The number of hydrogen-bond donors (Lipinski definition) is 1. The number of carbonyl (C=O) groups is 1. The molecule has 6 aliphatic rings. The standard InChI is InChI=1S/C31H48N2O2/c1-19-14-27-28(33(18-19)13-12-32)21(3)31(35-27)11-9-24-25(20(2)16-31)17-30(5)26(24)7-6-22-15-23(34)8-10-29(22,30)4/h15,19,21,24,26-28H,6-14,16-18,32H2,1-5H3/t19-,21+,24+,26-,27+,28-,29-,30-,31-/m0/s1. The van der Waals surface area contributed by atoms with Gasteiger partial charge >= 0.3 is 0 Å². The van der Waals surface area contributed by atoms with Crippen LogP contribution in [0.25, 0.3) is 0 Å². The van der Waals surface area contributed by atoms with E-state index < -0.39 is 0 Å². The molecule has 2 saturated carbocycles. The van der Waals surface area contributed by atoms with Gasteiger partial charge in [-0.1, -0.05) is 44.4 Å². The minimum atomic E-state index is -0.00897. The van der Waals surface area contributed by atoms with E-state index in [-0.39, 0.29) is 16.4 Å². The minimum Gasteiger partial charge on any atom is -0.369 e. The van der Waals surface area contributed by atoms with Crippen molar-refractivity contribution >= 4 is 5.78 Å². The van der Waals surface area contributed by atoms with Crippen molar-refractivity contribution in [3.63, 3.8) is 0 Å². The number of fused-ring (bicyclic) bond motifs is 6. The molecule has 0 unspecified atom stereocenters. The third-order valence-corrected chi connectivity index (χ3v) is 12.3. The van der Waals surface area contributed by atoms with Gasteiger partial charge in [0.1, 0.15) is 0 Å². The molecule has 9 atom stereocenters. The molecular weight excluding hydrogens is 432 g/mol. The molecular formula is C31H48N2O2. The maximum atomic E-state index is 12.3. The van der Waals surface area contributed by atoms with Crippen LogP contribution in [0.1, 0.15) is 92.4 Å². The Labute approximate surface area is 213 Å². The Morgan fingerprint density at radius 2 is 1.94 bits per heavy atom. The molecule has 0 aromatic carbocycles. The van der Waals surface area contributed by atoms with Gasteiger partial charge in [-0.25, -0.2) is 0 Å². The van der Waals surface area contributed by atoms with Gasteiger partial charge in [0.25, 0.3) is 0 Å². The lowest BCUT2D eigenvalue weighted by Gasteiger charge is -2.55. The molecule has 194 valence electrons. The zero-order chi connectivity index (χ0) is 24.8. The number of rotatable bonds is 2. The first-order chi connectivity index (χ1) is 16.6. The van der Waals surface area contributed by atoms with Crippen LogP contribution in [-0.4, -0.2) is 48.1 Å². The Morgan fingerprint density at radius 1 is 1.14 bits per heavy atom. The van der Waals surface area contributed by atoms with Gasteiger partial charge in [0.2, 0.25) is 0 Å². The fourth-order valence-electron chi connectivity index (χ4n) is 10.4. The molecule has 1 spiro atoms. The summed E-state index contributed by atoms with van der Waals surface area (Å²) in [5, 5.41) is 0. The first-order valence-electron chi connectivity index (χ1n) is 14.7. The van der Waals surface area contributed by atoms with Gasteiger partial charge < -0.3 is 10.5 Å². The fraction of sp³-hybridized carbons (Fsp3) is 0.839. The summed E-state index contributed by atoms with van der Waals surface area (Å²) in [6, 6.07) is 0.525. The zero-order valence-corrected chi connectivity index (χ0v) is 22.9. The van der Waals surface area contributed by atoms with Crippen LogP contribution in [0.2, 0.25) is 0 Å². The lowest BCUT2D eigenvalue weighted by molar-refractivity contribution is -0.117. The smallest absolute Gasteiger partial charge is 0.155 e. The monoisotopic (exact) mass is 480 g/mol. The van der Waals surface area contributed by atoms with Crippen molar-refractivity contribution in [2.75, 3.05) is 19.6 Å². The molecule has 4 heteroatoms. The van der Waals surface area contributed by atoms with Crippen molar-refractivity contribution < 1.29 is 9.53 Å². The summed E-state index contributed by atoms with van der Waals surface area (Å²) >= 11 is 0. The molecule has 35 heavy (non-hydrogen) atoms. The Hall–Kier alpha value is -0.970. The van der Waals surface area contributed by atoms with Crippen molar-refractivity contribution in [2.24, 2.45) is 40.2 Å². The van der Waals surface area contributed by atoms with E-state index >= 15 is 0 Å². The van der Waals surface area contributed by atoms with E-state index in [0.717, 1.165) is 44.7 Å². The number of ketones is 1. The molecule has 0 radical (unpaired) electrons. The summed E-state index contributed by atoms with van der Waals surface area (Å²) < 4.78 is 7.18. The highest BCUT2D eigenvalue weighted by Gasteiger charge is 2.63. The second-order valence-electron chi connectivity index (χ2n) is 14.0. The van der Waals surface area contributed by atoms with Gasteiger partial charge in [-0.3, -0.25) is 9.69 Å². The van der Waals surface area contributed by atoms with Crippen molar-refractivity contribution in [2.45, 2.75) is 110 Å². The summed E-state index contributed by atoms with van der Waals surface area (Å²) in [5.74, 6) is 3.03. The van der Waals surface area contributed by atoms with Crippen molar-refractivity contribution in [1.29, 1.82) is 0 Å². The highest BCUT2D eigenvalue weighted by Crippen LogP contribution is 2.70. The Balaban J connectivity index is 1.32. The number of nitrogens with two attached hydrogens (primary N) is 1. The predicted molar refractivity (Wildman–Crippen MR) is 141 cm³/mol. The number of likely N-dealkylation sites (tertiary alicyclic amines) is 1. The van der Waals surface area contributed by atoms with Crippen molar-refractivity contribution in [3.8, 4) is 0 Å². The number of hydrogen-bond acceptors (Lipinski definition) is 4. The van der Waals surface area contributed by atoms with E-state index in [1.165, 1.54) is 44.2 Å². The largest absolute Gasteiger partial charge is 0.369 e. The van der Waals surface area contributed by atoms with E-state index in [2.05, 4.69) is 39.5 Å². The van der Waals surface area contributed by atoms with E-state index in [1.807, 2.05) is 6.08 Å². The molecule has 2 saturated heterocycles. The SMILES string of the molecule is CC1=C2C[C@@]3(C)[C@@H](CCC4=CC(=O)CC[C@@]43C)[C@@H]2CC[C@@]2(C1)O[C@@H]1C[C@H](C)CN(CCN)[C@H]1[C@H]2C. The lowest BCUT2D eigenvalue weighted by atomic mass is 9.48. The summed E-state index contributed by atoms with van der Waals surface area (Å²) in [7, 11) is 0. The topological polar surface area (TPSA) is 55.6 Å². The quantitative estimate of drug-likeness (QED) is 0.518. The second kappa shape index (κ2) is 8.27. The van der Waals surface area contributed by atoms with Gasteiger partial charge in [-0.05, 0) is 93.0 Å². The first kappa shape index (κ1) is 24.4. The highest BCUT2D eigenvalue weighted by molar-refractivity contribution is 5.91. The molecule has 0 aromatic rings. The molecule has 0 bridgehead atoms.